The minimum atomic E-state index is -0.699. The van der Waals surface area contributed by atoms with E-state index in [2.05, 4.69) is 10.3 Å². The number of aromatic nitrogens is 1. The number of carbonyl (C=O) groups is 1. The first kappa shape index (κ1) is 12.9. The molecule has 0 saturated heterocycles. The fourth-order valence-electron chi connectivity index (χ4n) is 3.06. The third-order valence-electron chi connectivity index (χ3n) is 4.02. The smallest absolute Gasteiger partial charge is 0.308 e. The van der Waals surface area contributed by atoms with E-state index in [4.69, 9.17) is 0 Å². The first-order valence-corrected chi connectivity index (χ1v) is 7.01. The van der Waals surface area contributed by atoms with Crippen molar-refractivity contribution in [3.8, 4) is 0 Å². The molecule has 2 N–H and O–H groups in total. The molecule has 1 aromatic carbocycles. The van der Waals surface area contributed by atoms with Gasteiger partial charge in [0.25, 0.3) is 0 Å². The number of hydrogen-bond donors (Lipinski definition) is 2. The van der Waals surface area contributed by atoms with Crippen LogP contribution in [0, 0.1) is 12.8 Å². The molecule has 2 aromatic rings. The number of anilines is 1. The predicted octanol–water partition coefficient (Wildman–Crippen LogP) is 3.21. The van der Waals surface area contributed by atoms with Gasteiger partial charge in [-0.1, -0.05) is 24.6 Å². The van der Waals surface area contributed by atoms with Gasteiger partial charge in [-0.05, 0) is 31.9 Å². The van der Waals surface area contributed by atoms with Crippen LogP contribution in [-0.4, -0.2) is 22.1 Å². The van der Waals surface area contributed by atoms with E-state index in [1.807, 2.05) is 37.3 Å². The fourth-order valence-corrected chi connectivity index (χ4v) is 3.06. The summed E-state index contributed by atoms with van der Waals surface area (Å²) in [5, 5.41) is 13.8. The molecule has 1 aliphatic carbocycles. The van der Waals surface area contributed by atoms with Crippen LogP contribution in [-0.2, 0) is 4.79 Å². The molecule has 2 unspecified atom stereocenters. The molecule has 1 aromatic heterocycles. The van der Waals surface area contributed by atoms with Crippen LogP contribution in [0.4, 0.5) is 5.69 Å². The first-order chi connectivity index (χ1) is 9.65. The molecule has 4 heteroatoms. The van der Waals surface area contributed by atoms with Crippen LogP contribution in [0.2, 0.25) is 0 Å². The number of benzene rings is 1. The quantitative estimate of drug-likeness (QED) is 0.899. The highest BCUT2D eigenvalue weighted by molar-refractivity contribution is 5.91. The molecule has 0 radical (unpaired) electrons. The van der Waals surface area contributed by atoms with Gasteiger partial charge in [-0.3, -0.25) is 9.78 Å². The van der Waals surface area contributed by atoms with Gasteiger partial charge < -0.3 is 10.4 Å². The summed E-state index contributed by atoms with van der Waals surface area (Å²) in [6.07, 6.45) is 2.64. The van der Waals surface area contributed by atoms with Gasteiger partial charge in [0, 0.05) is 22.8 Å². The highest BCUT2D eigenvalue weighted by atomic mass is 16.4. The van der Waals surface area contributed by atoms with Gasteiger partial charge in [0.2, 0.25) is 0 Å². The molecule has 1 fully saturated rings. The number of rotatable bonds is 3. The van der Waals surface area contributed by atoms with Crippen molar-refractivity contribution in [2.24, 2.45) is 5.92 Å². The number of aryl methyl sites for hydroxylation is 1. The maximum absolute atomic E-state index is 11.3. The van der Waals surface area contributed by atoms with Crippen LogP contribution >= 0.6 is 0 Å². The topological polar surface area (TPSA) is 62.2 Å². The van der Waals surface area contributed by atoms with Gasteiger partial charge >= 0.3 is 5.97 Å². The van der Waals surface area contributed by atoms with Crippen molar-refractivity contribution >= 4 is 22.6 Å². The number of hydrogen-bond acceptors (Lipinski definition) is 3. The molecule has 0 bridgehead atoms. The zero-order valence-electron chi connectivity index (χ0n) is 11.5. The van der Waals surface area contributed by atoms with Crippen molar-refractivity contribution in [1.82, 2.24) is 4.98 Å². The molecule has 2 atom stereocenters. The summed E-state index contributed by atoms with van der Waals surface area (Å²) in [4.78, 5) is 15.8. The lowest BCUT2D eigenvalue weighted by molar-refractivity contribution is -0.141. The summed E-state index contributed by atoms with van der Waals surface area (Å²) in [6.45, 7) is 1.96. The Hall–Kier alpha value is -2.10. The zero-order valence-corrected chi connectivity index (χ0v) is 11.5. The molecule has 1 saturated carbocycles. The molecule has 104 valence electrons. The molecule has 20 heavy (non-hydrogen) atoms. The van der Waals surface area contributed by atoms with Gasteiger partial charge in [0.1, 0.15) is 0 Å². The number of aliphatic carboxylic acids is 1. The van der Waals surface area contributed by atoms with E-state index in [0.717, 1.165) is 41.5 Å². The largest absolute Gasteiger partial charge is 0.481 e. The van der Waals surface area contributed by atoms with Crippen molar-refractivity contribution < 1.29 is 9.90 Å². The maximum atomic E-state index is 11.3. The lowest BCUT2D eigenvalue weighted by atomic mass is 10.0. The minimum absolute atomic E-state index is 0.0118. The Morgan fingerprint density at radius 3 is 2.95 bits per heavy atom. The van der Waals surface area contributed by atoms with Gasteiger partial charge in [-0.2, -0.15) is 0 Å². The summed E-state index contributed by atoms with van der Waals surface area (Å²) in [5.41, 5.74) is 2.88. The van der Waals surface area contributed by atoms with Crippen molar-refractivity contribution in [3.63, 3.8) is 0 Å². The Kier molecular flexibility index (Phi) is 3.30. The number of pyridine rings is 1. The Balaban J connectivity index is 1.96. The highest BCUT2D eigenvalue weighted by Gasteiger charge is 2.33. The third-order valence-corrected chi connectivity index (χ3v) is 4.02. The average molecular weight is 270 g/mol. The molecule has 1 heterocycles. The average Bonchev–Trinajstić information content (AvgIpc) is 2.87. The van der Waals surface area contributed by atoms with Crippen molar-refractivity contribution in [3.05, 3.63) is 36.0 Å². The number of nitrogens with zero attached hydrogens (tertiary/aromatic N) is 1. The van der Waals surface area contributed by atoms with E-state index in [0.29, 0.717) is 0 Å². The summed E-state index contributed by atoms with van der Waals surface area (Å²) in [6, 6.07) is 9.96. The molecule has 0 spiro atoms. The molecular weight excluding hydrogens is 252 g/mol. The van der Waals surface area contributed by atoms with Crippen LogP contribution in [0.25, 0.3) is 10.9 Å². The van der Waals surface area contributed by atoms with Crippen molar-refractivity contribution in [2.75, 3.05) is 5.32 Å². The van der Waals surface area contributed by atoms with Gasteiger partial charge in [-0.25, -0.2) is 0 Å². The Bertz CT molecular complexity index is 654. The van der Waals surface area contributed by atoms with Crippen LogP contribution < -0.4 is 5.32 Å². The van der Waals surface area contributed by atoms with Crippen molar-refractivity contribution in [1.29, 1.82) is 0 Å². The van der Waals surface area contributed by atoms with E-state index < -0.39 is 5.97 Å². The second kappa shape index (κ2) is 5.12. The standard InChI is InChI=1S/C16H18N2O2/c1-10-9-15(11-5-2-3-7-13(11)17-10)18-14-8-4-6-12(14)16(19)20/h2-3,5,7,9,12,14H,4,6,8H2,1H3,(H,17,18)(H,19,20). The molecule has 0 amide bonds. The Morgan fingerprint density at radius 1 is 1.35 bits per heavy atom. The molecule has 1 aliphatic rings. The Morgan fingerprint density at radius 2 is 2.15 bits per heavy atom. The van der Waals surface area contributed by atoms with Gasteiger partial charge in [0.05, 0.1) is 11.4 Å². The first-order valence-electron chi connectivity index (χ1n) is 7.01. The summed E-state index contributed by atoms with van der Waals surface area (Å²) in [7, 11) is 0. The molecule has 4 nitrogen and oxygen atoms in total. The lowest BCUT2D eigenvalue weighted by Crippen LogP contribution is -2.29. The second-order valence-corrected chi connectivity index (χ2v) is 5.45. The van der Waals surface area contributed by atoms with E-state index in [1.165, 1.54) is 0 Å². The van der Waals surface area contributed by atoms with Crippen LogP contribution in [0.15, 0.2) is 30.3 Å². The number of carboxylic acid groups (broad SMARTS) is 1. The zero-order chi connectivity index (χ0) is 14.1. The Labute approximate surface area is 117 Å². The number of carboxylic acids is 1. The fraction of sp³-hybridized carbons (Fsp3) is 0.375. The van der Waals surface area contributed by atoms with E-state index in [9.17, 15) is 9.90 Å². The van der Waals surface area contributed by atoms with Crippen molar-refractivity contribution in [2.45, 2.75) is 32.2 Å². The third kappa shape index (κ3) is 2.33. The van der Waals surface area contributed by atoms with Gasteiger partial charge in [-0.15, -0.1) is 0 Å². The number of fused-ring (bicyclic) bond motifs is 1. The van der Waals surface area contributed by atoms with Gasteiger partial charge in [0.15, 0.2) is 0 Å². The highest BCUT2D eigenvalue weighted by Crippen LogP contribution is 2.31. The van der Waals surface area contributed by atoms with Crippen LogP contribution in [0.3, 0.4) is 0 Å². The normalized spacial score (nSPS) is 22.1. The summed E-state index contributed by atoms with van der Waals surface area (Å²) in [5.74, 6) is -0.989. The lowest BCUT2D eigenvalue weighted by Gasteiger charge is -2.20. The number of nitrogens with one attached hydrogen (secondary N) is 1. The van der Waals surface area contributed by atoms with E-state index >= 15 is 0 Å². The summed E-state index contributed by atoms with van der Waals surface area (Å²) < 4.78 is 0. The molecular formula is C16H18N2O2. The molecule has 0 aliphatic heterocycles. The summed E-state index contributed by atoms with van der Waals surface area (Å²) >= 11 is 0. The second-order valence-electron chi connectivity index (χ2n) is 5.45. The molecule has 3 rings (SSSR count). The maximum Gasteiger partial charge on any atom is 0.308 e. The SMILES string of the molecule is Cc1cc(NC2CCCC2C(=O)O)c2ccccc2n1. The number of para-hydroxylation sites is 1. The van der Waals surface area contributed by atoms with E-state index in [-0.39, 0.29) is 12.0 Å². The van der Waals surface area contributed by atoms with Crippen LogP contribution in [0.1, 0.15) is 25.0 Å². The van der Waals surface area contributed by atoms with Crippen LogP contribution in [0.5, 0.6) is 0 Å². The monoisotopic (exact) mass is 270 g/mol. The minimum Gasteiger partial charge on any atom is -0.481 e. The predicted molar refractivity (Wildman–Crippen MR) is 78.9 cm³/mol. The van der Waals surface area contributed by atoms with E-state index in [1.54, 1.807) is 0 Å².